The van der Waals surface area contributed by atoms with Crippen LogP contribution in [-0.4, -0.2) is 16.7 Å². The summed E-state index contributed by atoms with van der Waals surface area (Å²) in [6.45, 7) is 5.47. The van der Waals surface area contributed by atoms with Crippen LogP contribution in [0.1, 0.15) is 56.1 Å². The molecule has 0 unspecified atom stereocenters. The number of nitrogens with one attached hydrogen (secondary N) is 2. The Morgan fingerprint density at radius 3 is 2.59 bits per heavy atom. The monoisotopic (exact) mass is 364 g/mol. The van der Waals surface area contributed by atoms with E-state index in [2.05, 4.69) is 10.3 Å². The zero-order valence-corrected chi connectivity index (χ0v) is 15.5. The minimum Gasteiger partial charge on any atom is -0.423 e. The molecule has 2 heterocycles. The number of ketones is 1. The number of Topliss-reactive ketones (excluding diaryl/α,β-unsaturated/α-hetero) is 1. The lowest BCUT2D eigenvalue weighted by Crippen LogP contribution is -2.15. The fraction of sp³-hybridized carbons (Fsp3) is 0.286. The largest absolute Gasteiger partial charge is 0.423 e. The van der Waals surface area contributed by atoms with Crippen molar-refractivity contribution in [1.82, 2.24) is 4.98 Å². The highest BCUT2D eigenvalue weighted by atomic mass is 16.4. The second-order valence-electron chi connectivity index (χ2n) is 7.12. The van der Waals surface area contributed by atoms with E-state index >= 15 is 0 Å². The molecule has 0 radical (unpaired) electrons. The summed E-state index contributed by atoms with van der Waals surface area (Å²) in [5.74, 6) is -0.191. The van der Waals surface area contributed by atoms with Gasteiger partial charge in [-0.05, 0) is 62.4 Å². The Labute approximate surface area is 155 Å². The lowest BCUT2D eigenvalue weighted by Gasteiger charge is -2.11. The third-order valence-corrected chi connectivity index (χ3v) is 5.21. The van der Waals surface area contributed by atoms with Crippen molar-refractivity contribution in [2.24, 2.45) is 0 Å². The number of aryl methyl sites for hydroxylation is 3. The lowest BCUT2D eigenvalue weighted by atomic mass is 9.94. The SMILES string of the molecule is Cc1cc2oc(=O)cc(C)c2cc1NC(=O)c1[nH]c2c(c1C)C(=O)CCC2. The molecule has 0 saturated heterocycles. The van der Waals surface area contributed by atoms with Gasteiger partial charge in [0, 0.05) is 34.8 Å². The minimum absolute atomic E-state index is 0.0941. The van der Waals surface area contributed by atoms with Gasteiger partial charge in [-0.1, -0.05) is 0 Å². The second-order valence-corrected chi connectivity index (χ2v) is 7.12. The average molecular weight is 364 g/mol. The van der Waals surface area contributed by atoms with Crippen molar-refractivity contribution in [2.75, 3.05) is 5.32 Å². The first kappa shape index (κ1) is 17.3. The first-order chi connectivity index (χ1) is 12.8. The summed E-state index contributed by atoms with van der Waals surface area (Å²) in [4.78, 5) is 39.7. The van der Waals surface area contributed by atoms with Crippen molar-refractivity contribution in [3.05, 3.63) is 62.3 Å². The third kappa shape index (κ3) is 2.87. The smallest absolute Gasteiger partial charge is 0.336 e. The van der Waals surface area contributed by atoms with E-state index < -0.39 is 5.63 Å². The molecule has 0 spiro atoms. The van der Waals surface area contributed by atoms with E-state index in [1.807, 2.05) is 19.9 Å². The molecule has 2 N–H and O–H groups in total. The molecule has 1 amide bonds. The number of carbonyl (C=O) groups is 2. The van der Waals surface area contributed by atoms with E-state index in [9.17, 15) is 14.4 Å². The summed E-state index contributed by atoms with van der Waals surface area (Å²) in [7, 11) is 0. The van der Waals surface area contributed by atoms with Crippen LogP contribution in [0.2, 0.25) is 0 Å². The zero-order chi connectivity index (χ0) is 19.3. The molecule has 0 fully saturated rings. The van der Waals surface area contributed by atoms with Crippen LogP contribution in [0.5, 0.6) is 0 Å². The van der Waals surface area contributed by atoms with Gasteiger partial charge in [0.15, 0.2) is 5.78 Å². The van der Waals surface area contributed by atoms with Gasteiger partial charge in [-0.2, -0.15) is 0 Å². The predicted octanol–water partition coefficient (Wildman–Crippen LogP) is 3.82. The van der Waals surface area contributed by atoms with Crippen molar-refractivity contribution < 1.29 is 14.0 Å². The molecule has 6 nitrogen and oxygen atoms in total. The number of aromatic amines is 1. The molecule has 0 aliphatic heterocycles. The minimum atomic E-state index is -0.395. The number of benzene rings is 1. The molecule has 1 aliphatic rings. The molecule has 1 aromatic carbocycles. The topological polar surface area (TPSA) is 92.2 Å². The van der Waals surface area contributed by atoms with Gasteiger partial charge < -0.3 is 14.7 Å². The van der Waals surface area contributed by atoms with Gasteiger partial charge in [-0.15, -0.1) is 0 Å². The highest BCUT2D eigenvalue weighted by molar-refractivity contribution is 6.09. The quantitative estimate of drug-likeness (QED) is 0.676. The maximum atomic E-state index is 12.9. The van der Waals surface area contributed by atoms with Crippen LogP contribution in [0.4, 0.5) is 5.69 Å². The maximum Gasteiger partial charge on any atom is 0.336 e. The van der Waals surface area contributed by atoms with E-state index in [1.54, 1.807) is 13.0 Å². The maximum absolute atomic E-state index is 12.9. The van der Waals surface area contributed by atoms with E-state index in [1.165, 1.54) is 6.07 Å². The van der Waals surface area contributed by atoms with Crippen LogP contribution in [0.15, 0.2) is 27.4 Å². The number of fused-ring (bicyclic) bond motifs is 2. The summed E-state index contributed by atoms with van der Waals surface area (Å²) in [5, 5.41) is 3.70. The Balaban J connectivity index is 1.72. The molecule has 27 heavy (non-hydrogen) atoms. The molecule has 1 aliphatic carbocycles. The van der Waals surface area contributed by atoms with Crippen LogP contribution < -0.4 is 10.9 Å². The third-order valence-electron chi connectivity index (χ3n) is 5.21. The van der Waals surface area contributed by atoms with Crippen LogP contribution >= 0.6 is 0 Å². The summed E-state index contributed by atoms with van der Waals surface area (Å²) in [6, 6.07) is 4.98. The van der Waals surface area contributed by atoms with Crippen LogP contribution in [0.3, 0.4) is 0 Å². The molecule has 0 bridgehead atoms. The Hall–Kier alpha value is -3.15. The van der Waals surface area contributed by atoms with E-state index in [0.29, 0.717) is 34.5 Å². The molecule has 138 valence electrons. The van der Waals surface area contributed by atoms with Gasteiger partial charge in [0.1, 0.15) is 11.3 Å². The fourth-order valence-corrected chi connectivity index (χ4v) is 3.79. The number of anilines is 1. The number of hydrogen-bond acceptors (Lipinski definition) is 4. The molecule has 2 aromatic heterocycles. The number of H-pyrrole nitrogens is 1. The lowest BCUT2D eigenvalue weighted by molar-refractivity contribution is 0.0971. The van der Waals surface area contributed by atoms with Gasteiger partial charge in [-0.3, -0.25) is 9.59 Å². The van der Waals surface area contributed by atoms with Crippen molar-refractivity contribution >= 4 is 28.3 Å². The van der Waals surface area contributed by atoms with E-state index in [4.69, 9.17) is 4.42 Å². The Bertz CT molecular complexity index is 1170. The van der Waals surface area contributed by atoms with E-state index in [0.717, 1.165) is 35.0 Å². The molecule has 3 aromatic rings. The first-order valence-corrected chi connectivity index (χ1v) is 8.96. The summed E-state index contributed by atoms with van der Waals surface area (Å²) >= 11 is 0. The van der Waals surface area contributed by atoms with Crippen LogP contribution in [0.25, 0.3) is 11.0 Å². The molecule has 0 saturated carbocycles. The number of aromatic nitrogens is 1. The second kappa shape index (κ2) is 6.23. The fourth-order valence-electron chi connectivity index (χ4n) is 3.79. The number of amides is 1. The molecular weight excluding hydrogens is 344 g/mol. The first-order valence-electron chi connectivity index (χ1n) is 8.96. The highest BCUT2D eigenvalue weighted by Gasteiger charge is 2.26. The normalized spacial score (nSPS) is 13.7. The van der Waals surface area contributed by atoms with Gasteiger partial charge in [0.05, 0.1) is 0 Å². The Morgan fingerprint density at radius 1 is 1.07 bits per heavy atom. The number of hydrogen-bond donors (Lipinski definition) is 2. The highest BCUT2D eigenvalue weighted by Crippen LogP contribution is 2.29. The molecular formula is C21H20N2O4. The van der Waals surface area contributed by atoms with Crippen LogP contribution in [0, 0.1) is 20.8 Å². The van der Waals surface area contributed by atoms with E-state index in [-0.39, 0.29) is 11.7 Å². The summed E-state index contributed by atoms with van der Waals surface area (Å²) < 4.78 is 5.24. The molecule has 6 heteroatoms. The van der Waals surface area contributed by atoms with Crippen molar-refractivity contribution in [3.63, 3.8) is 0 Å². The standard InChI is InChI=1S/C21H20N2O4/c1-10-8-18(25)27-17-7-11(2)15(9-13(10)17)23-21(26)20-12(3)19-14(22-20)5-4-6-16(19)24/h7-9,22H,4-6H2,1-3H3,(H,23,26). The van der Waals surface area contributed by atoms with Gasteiger partial charge in [-0.25, -0.2) is 4.79 Å². The Kier molecular flexibility index (Phi) is 3.98. The van der Waals surface area contributed by atoms with Crippen molar-refractivity contribution in [3.8, 4) is 0 Å². The van der Waals surface area contributed by atoms with Crippen molar-refractivity contribution in [2.45, 2.75) is 40.0 Å². The number of carbonyl (C=O) groups excluding carboxylic acids is 2. The van der Waals surface area contributed by atoms with Gasteiger partial charge >= 0.3 is 5.63 Å². The zero-order valence-electron chi connectivity index (χ0n) is 15.5. The van der Waals surface area contributed by atoms with Crippen molar-refractivity contribution in [1.29, 1.82) is 0 Å². The van der Waals surface area contributed by atoms with Crippen LogP contribution in [-0.2, 0) is 6.42 Å². The molecule has 0 atom stereocenters. The number of rotatable bonds is 2. The van der Waals surface area contributed by atoms with Gasteiger partial charge in [0.25, 0.3) is 5.91 Å². The summed E-state index contributed by atoms with van der Waals surface area (Å²) in [5.41, 5.74) is 4.95. The summed E-state index contributed by atoms with van der Waals surface area (Å²) in [6.07, 6.45) is 2.12. The van der Waals surface area contributed by atoms with Gasteiger partial charge in [0.2, 0.25) is 0 Å². The molecule has 4 rings (SSSR count). The predicted molar refractivity (Wildman–Crippen MR) is 103 cm³/mol. The average Bonchev–Trinajstić information content (AvgIpc) is 2.94. The Morgan fingerprint density at radius 2 is 1.85 bits per heavy atom.